The normalized spacial score (nSPS) is 14.1. The smallest absolute Gasteiger partial charge is 0.326 e. The molecular weight excluding hydrogens is 248 g/mol. The highest BCUT2D eigenvalue weighted by atomic mass is 16.4. The number of aliphatic carboxylic acids is 1. The van der Waals surface area contributed by atoms with Crippen LogP contribution in [0.15, 0.2) is 12.5 Å². The summed E-state index contributed by atoms with van der Waals surface area (Å²) in [6.07, 6.45) is 3.54. The van der Waals surface area contributed by atoms with Crippen LogP contribution in [0.5, 0.6) is 0 Å². The van der Waals surface area contributed by atoms with E-state index in [1.807, 2.05) is 13.8 Å². The van der Waals surface area contributed by atoms with E-state index >= 15 is 0 Å². The number of hydrogen-bond donors (Lipinski definition) is 3. The fourth-order valence-corrected chi connectivity index (χ4v) is 1.67. The molecule has 0 aliphatic heterocycles. The van der Waals surface area contributed by atoms with Crippen molar-refractivity contribution in [1.29, 1.82) is 0 Å². The summed E-state index contributed by atoms with van der Waals surface area (Å²) >= 11 is 0. The van der Waals surface area contributed by atoms with Crippen molar-refractivity contribution in [3.8, 4) is 0 Å². The third-order valence-electron chi connectivity index (χ3n) is 2.62. The Morgan fingerprint density at radius 1 is 1.53 bits per heavy atom. The van der Waals surface area contributed by atoms with Gasteiger partial charge in [0.2, 0.25) is 5.91 Å². The second kappa shape index (κ2) is 6.89. The number of rotatable bonds is 7. The summed E-state index contributed by atoms with van der Waals surface area (Å²) in [6.45, 7) is 3.76. The first-order chi connectivity index (χ1) is 8.90. The number of aromatic nitrogens is 2. The zero-order valence-electron chi connectivity index (χ0n) is 11.0. The van der Waals surface area contributed by atoms with E-state index in [4.69, 9.17) is 10.8 Å². The van der Waals surface area contributed by atoms with Crippen molar-refractivity contribution in [2.45, 2.75) is 38.8 Å². The fourth-order valence-electron chi connectivity index (χ4n) is 1.67. The van der Waals surface area contributed by atoms with E-state index in [-0.39, 0.29) is 12.3 Å². The number of carboxylic acids is 1. The maximum Gasteiger partial charge on any atom is 0.326 e. The molecule has 0 saturated heterocycles. The zero-order valence-corrected chi connectivity index (χ0v) is 11.0. The van der Waals surface area contributed by atoms with Gasteiger partial charge in [0.05, 0.1) is 6.33 Å². The highest BCUT2D eigenvalue weighted by Crippen LogP contribution is 2.06. The van der Waals surface area contributed by atoms with Gasteiger partial charge in [-0.2, -0.15) is 0 Å². The number of nitrogens with zero attached hydrogens (tertiary/aromatic N) is 1. The summed E-state index contributed by atoms with van der Waals surface area (Å²) in [6, 6.07) is -1.99. The molecule has 1 heterocycles. The van der Waals surface area contributed by atoms with Crippen molar-refractivity contribution in [2.24, 2.45) is 5.92 Å². The van der Waals surface area contributed by atoms with Crippen LogP contribution in [-0.4, -0.2) is 39.0 Å². The third kappa shape index (κ3) is 5.09. The molecule has 2 atom stereocenters. The summed E-state index contributed by atoms with van der Waals surface area (Å²) in [5, 5.41) is 11.4. The van der Waals surface area contributed by atoms with E-state index in [0.717, 1.165) is 0 Å². The van der Waals surface area contributed by atoms with E-state index in [1.165, 1.54) is 12.5 Å². The van der Waals surface area contributed by atoms with Crippen molar-refractivity contribution in [3.63, 3.8) is 0 Å². The Balaban J connectivity index is 2.53. The van der Waals surface area contributed by atoms with Gasteiger partial charge in [-0.3, -0.25) is 4.79 Å². The Hall–Kier alpha value is -1.89. The first-order valence-corrected chi connectivity index (χ1v) is 6.11. The molecule has 7 heteroatoms. The van der Waals surface area contributed by atoms with Crippen LogP contribution < -0.4 is 11.1 Å². The number of carboxylic acid groups (broad SMARTS) is 1. The lowest BCUT2D eigenvalue weighted by Gasteiger charge is -2.18. The predicted molar refractivity (Wildman–Crippen MR) is 68.2 cm³/mol. The Morgan fingerprint density at radius 3 is 2.68 bits per heavy atom. The molecule has 0 saturated carbocycles. The van der Waals surface area contributed by atoms with Gasteiger partial charge in [-0.25, -0.2) is 15.5 Å². The van der Waals surface area contributed by atoms with Gasteiger partial charge in [0.15, 0.2) is 0 Å². The van der Waals surface area contributed by atoms with Crippen LogP contribution in [0.2, 0.25) is 0 Å². The second-order valence-corrected chi connectivity index (χ2v) is 4.86. The van der Waals surface area contributed by atoms with E-state index in [2.05, 4.69) is 15.3 Å². The highest BCUT2D eigenvalue weighted by Gasteiger charge is 2.24. The molecule has 1 rings (SSSR count). The van der Waals surface area contributed by atoms with Crippen LogP contribution in [0.4, 0.5) is 0 Å². The lowest BCUT2D eigenvalue weighted by Crippen LogP contribution is -2.47. The average Bonchev–Trinajstić information content (AvgIpc) is 2.79. The first kappa shape index (κ1) is 15.2. The van der Waals surface area contributed by atoms with E-state index < -0.39 is 24.0 Å². The molecular formula is C12H19N4O3. The molecule has 19 heavy (non-hydrogen) atoms. The van der Waals surface area contributed by atoms with Crippen LogP contribution in [0, 0.1) is 5.92 Å². The summed E-state index contributed by atoms with van der Waals surface area (Å²) in [5.41, 5.74) is 8.39. The summed E-state index contributed by atoms with van der Waals surface area (Å²) < 4.78 is 0. The molecule has 2 unspecified atom stereocenters. The molecule has 1 radical (unpaired) electrons. The van der Waals surface area contributed by atoms with Gasteiger partial charge in [0.25, 0.3) is 0 Å². The van der Waals surface area contributed by atoms with Crippen LogP contribution in [0.1, 0.15) is 26.0 Å². The minimum atomic E-state index is -1.07. The molecule has 0 aliphatic carbocycles. The first-order valence-electron chi connectivity index (χ1n) is 6.11. The van der Waals surface area contributed by atoms with E-state index in [0.29, 0.717) is 12.1 Å². The van der Waals surface area contributed by atoms with Crippen molar-refractivity contribution in [3.05, 3.63) is 18.2 Å². The molecule has 0 aromatic carbocycles. The molecule has 105 valence electrons. The average molecular weight is 267 g/mol. The Morgan fingerprint density at radius 2 is 2.21 bits per heavy atom. The SMILES string of the molecule is CC(C)CC(NC(=O)C([NH])Cc1cnc[nH]1)C(=O)O. The standard InChI is InChI=1S/C12H19N4O3/c1-7(2)3-10(12(18)19)16-11(17)9(13)4-8-5-14-6-15-8/h5-7,9-10,13H,3-4H2,1-2H3,(H,14,15)(H,16,17)(H,18,19). The number of carbonyl (C=O) groups excluding carboxylic acids is 1. The minimum Gasteiger partial charge on any atom is -0.480 e. The van der Waals surface area contributed by atoms with Gasteiger partial charge in [-0.05, 0) is 12.3 Å². The Bertz CT molecular complexity index is 417. The monoisotopic (exact) mass is 267 g/mol. The maximum atomic E-state index is 11.8. The van der Waals surface area contributed by atoms with Crippen LogP contribution in [-0.2, 0) is 16.0 Å². The number of nitrogens with one attached hydrogen (secondary N) is 3. The minimum absolute atomic E-state index is 0.151. The van der Waals surface area contributed by atoms with Crippen molar-refractivity contribution < 1.29 is 14.7 Å². The lowest BCUT2D eigenvalue weighted by molar-refractivity contribution is -0.142. The molecule has 0 aliphatic rings. The van der Waals surface area contributed by atoms with Crippen molar-refractivity contribution >= 4 is 11.9 Å². The van der Waals surface area contributed by atoms with Crippen molar-refractivity contribution in [2.75, 3.05) is 0 Å². The molecule has 1 aromatic heterocycles. The van der Waals surface area contributed by atoms with Gasteiger partial charge in [-0.15, -0.1) is 0 Å². The Labute approximate surface area is 111 Å². The topological polar surface area (TPSA) is 119 Å². The molecule has 1 aromatic rings. The second-order valence-electron chi connectivity index (χ2n) is 4.86. The molecule has 0 fully saturated rings. The lowest BCUT2D eigenvalue weighted by atomic mass is 10.0. The van der Waals surface area contributed by atoms with Crippen LogP contribution in [0.25, 0.3) is 0 Å². The number of H-pyrrole nitrogens is 1. The third-order valence-corrected chi connectivity index (χ3v) is 2.62. The predicted octanol–water partition coefficient (Wildman–Crippen LogP) is 0.219. The van der Waals surface area contributed by atoms with Crippen LogP contribution >= 0.6 is 0 Å². The number of amides is 1. The summed E-state index contributed by atoms with van der Waals surface area (Å²) in [4.78, 5) is 29.4. The van der Waals surface area contributed by atoms with Gasteiger partial charge in [0.1, 0.15) is 12.1 Å². The maximum absolute atomic E-state index is 11.8. The zero-order chi connectivity index (χ0) is 14.4. The van der Waals surface area contributed by atoms with Crippen molar-refractivity contribution in [1.82, 2.24) is 21.0 Å². The number of aromatic amines is 1. The largest absolute Gasteiger partial charge is 0.480 e. The summed E-state index contributed by atoms with van der Waals surface area (Å²) in [5.74, 6) is -1.50. The van der Waals surface area contributed by atoms with Crippen LogP contribution in [0.3, 0.4) is 0 Å². The van der Waals surface area contributed by atoms with Gasteiger partial charge >= 0.3 is 5.97 Å². The fraction of sp³-hybridized carbons (Fsp3) is 0.583. The summed E-state index contributed by atoms with van der Waals surface area (Å²) in [7, 11) is 0. The molecule has 0 spiro atoms. The van der Waals surface area contributed by atoms with Gasteiger partial charge in [0, 0.05) is 18.3 Å². The van der Waals surface area contributed by atoms with Gasteiger partial charge < -0.3 is 15.4 Å². The number of carbonyl (C=O) groups is 2. The van der Waals surface area contributed by atoms with E-state index in [9.17, 15) is 9.59 Å². The number of hydrogen-bond acceptors (Lipinski definition) is 3. The van der Waals surface area contributed by atoms with E-state index in [1.54, 1.807) is 0 Å². The van der Waals surface area contributed by atoms with Gasteiger partial charge in [-0.1, -0.05) is 13.8 Å². The molecule has 7 nitrogen and oxygen atoms in total. The quantitative estimate of drug-likeness (QED) is 0.654. The molecule has 0 bridgehead atoms. The molecule has 4 N–H and O–H groups in total. The Kier molecular flexibility index (Phi) is 5.50. The molecule has 1 amide bonds. The highest BCUT2D eigenvalue weighted by molar-refractivity contribution is 5.86. The number of imidazole rings is 1.